The van der Waals surface area contributed by atoms with Crippen LogP contribution in [-0.4, -0.2) is 27.2 Å². The van der Waals surface area contributed by atoms with Gasteiger partial charge in [0.2, 0.25) is 0 Å². The molecule has 2 aromatic rings. The molecule has 2 rings (SSSR count). The van der Waals surface area contributed by atoms with Gasteiger partial charge in [-0.15, -0.1) is 0 Å². The van der Waals surface area contributed by atoms with Crippen molar-refractivity contribution < 1.29 is 9.53 Å². The number of carbonyl (C=O) groups excluding carboxylic acids is 1. The standard InChI is InChI=1S/C18H16INO2/c1-20(2)17-11-10-15(18(21)22-3)12-14(17)9-8-13-6-4-5-7-16(13)19/h4-7,10-12H,1-3H3. The fraction of sp³-hybridized carbons (Fsp3) is 0.167. The average molecular weight is 405 g/mol. The molecule has 0 atom stereocenters. The number of hydrogen-bond acceptors (Lipinski definition) is 3. The monoisotopic (exact) mass is 405 g/mol. The molecule has 0 aliphatic heterocycles. The predicted molar refractivity (Wildman–Crippen MR) is 97.2 cm³/mol. The fourth-order valence-corrected chi connectivity index (χ4v) is 2.49. The van der Waals surface area contributed by atoms with Crippen LogP contribution >= 0.6 is 22.6 Å². The van der Waals surface area contributed by atoms with E-state index in [-0.39, 0.29) is 5.97 Å². The van der Waals surface area contributed by atoms with Crippen molar-refractivity contribution in [3.05, 3.63) is 62.7 Å². The Labute approximate surface area is 144 Å². The van der Waals surface area contributed by atoms with Crippen LogP contribution < -0.4 is 4.90 Å². The van der Waals surface area contributed by atoms with E-state index in [2.05, 4.69) is 34.4 Å². The quantitative estimate of drug-likeness (QED) is 0.435. The molecule has 0 heterocycles. The van der Waals surface area contributed by atoms with Crippen molar-refractivity contribution in [2.45, 2.75) is 0 Å². The molecular formula is C18H16INO2. The molecule has 0 saturated carbocycles. The summed E-state index contributed by atoms with van der Waals surface area (Å²) in [7, 11) is 5.27. The van der Waals surface area contributed by atoms with Gasteiger partial charge in [0.25, 0.3) is 0 Å². The highest BCUT2D eigenvalue weighted by molar-refractivity contribution is 14.1. The molecule has 0 aliphatic carbocycles. The first-order valence-electron chi connectivity index (χ1n) is 6.69. The van der Waals surface area contributed by atoms with Crippen molar-refractivity contribution in [3.63, 3.8) is 0 Å². The van der Waals surface area contributed by atoms with Crippen LogP contribution in [0.4, 0.5) is 5.69 Å². The van der Waals surface area contributed by atoms with Gasteiger partial charge in [0.1, 0.15) is 0 Å². The van der Waals surface area contributed by atoms with Crippen LogP contribution in [-0.2, 0) is 4.74 Å². The minimum absolute atomic E-state index is 0.359. The number of rotatable bonds is 2. The summed E-state index contributed by atoms with van der Waals surface area (Å²) in [6, 6.07) is 13.3. The van der Waals surface area contributed by atoms with Gasteiger partial charge in [-0.2, -0.15) is 0 Å². The van der Waals surface area contributed by atoms with Gasteiger partial charge >= 0.3 is 5.97 Å². The van der Waals surface area contributed by atoms with Crippen molar-refractivity contribution >= 4 is 34.2 Å². The molecule has 0 amide bonds. The first-order chi connectivity index (χ1) is 10.5. The molecule has 0 saturated heterocycles. The molecule has 0 radical (unpaired) electrons. The van der Waals surface area contributed by atoms with Gasteiger partial charge < -0.3 is 9.64 Å². The van der Waals surface area contributed by atoms with Crippen LogP contribution in [0.15, 0.2) is 42.5 Å². The second-order valence-electron chi connectivity index (χ2n) is 4.85. The summed E-state index contributed by atoms with van der Waals surface area (Å²) in [6.45, 7) is 0. The van der Waals surface area contributed by atoms with E-state index in [1.54, 1.807) is 12.1 Å². The number of benzene rings is 2. The third-order valence-corrected chi connectivity index (χ3v) is 4.05. The van der Waals surface area contributed by atoms with Gasteiger partial charge in [-0.25, -0.2) is 4.79 Å². The van der Waals surface area contributed by atoms with Crippen molar-refractivity contribution in [3.8, 4) is 11.8 Å². The van der Waals surface area contributed by atoms with E-state index in [4.69, 9.17) is 4.74 Å². The first-order valence-corrected chi connectivity index (χ1v) is 7.77. The molecule has 0 bridgehead atoms. The highest BCUT2D eigenvalue weighted by Gasteiger charge is 2.09. The second kappa shape index (κ2) is 7.32. The summed E-state index contributed by atoms with van der Waals surface area (Å²) in [5.74, 6) is 5.98. The van der Waals surface area contributed by atoms with E-state index in [9.17, 15) is 4.79 Å². The van der Waals surface area contributed by atoms with E-state index < -0.39 is 0 Å². The Morgan fingerprint density at radius 2 is 1.77 bits per heavy atom. The van der Waals surface area contributed by atoms with E-state index in [0.717, 1.165) is 20.4 Å². The number of esters is 1. The number of carbonyl (C=O) groups is 1. The van der Waals surface area contributed by atoms with Gasteiger partial charge in [0.05, 0.1) is 18.4 Å². The molecule has 0 aliphatic rings. The van der Waals surface area contributed by atoms with Gasteiger partial charge in [0.15, 0.2) is 0 Å². The maximum atomic E-state index is 11.7. The molecule has 4 heteroatoms. The normalized spacial score (nSPS) is 9.64. The number of hydrogen-bond donors (Lipinski definition) is 0. The summed E-state index contributed by atoms with van der Waals surface area (Å²) in [5, 5.41) is 0. The highest BCUT2D eigenvalue weighted by atomic mass is 127. The molecule has 0 fully saturated rings. The predicted octanol–water partition coefficient (Wildman–Crippen LogP) is 3.54. The third kappa shape index (κ3) is 3.80. The van der Waals surface area contributed by atoms with Crippen molar-refractivity contribution in [2.75, 3.05) is 26.1 Å². The minimum atomic E-state index is -0.359. The lowest BCUT2D eigenvalue weighted by Crippen LogP contribution is -2.11. The lowest BCUT2D eigenvalue weighted by Gasteiger charge is -2.15. The SMILES string of the molecule is COC(=O)c1ccc(N(C)C)c(C#Cc2ccccc2I)c1. The number of methoxy groups -OCH3 is 1. The average Bonchev–Trinajstić information content (AvgIpc) is 2.53. The Balaban J connectivity index is 2.49. The molecule has 112 valence electrons. The van der Waals surface area contributed by atoms with Crippen LogP contribution in [0.3, 0.4) is 0 Å². The highest BCUT2D eigenvalue weighted by Crippen LogP contribution is 2.20. The van der Waals surface area contributed by atoms with Crippen LogP contribution in [0.2, 0.25) is 0 Å². The Morgan fingerprint density at radius 3 is 2.41 bits per heavy atom. The minimum Gasteiger partial charge on any atom is -0.465 e. The first kappa shape index (κ1) is 16.4. The summed E-state index contributed by atoms with van der Waals surface area (Å²) in [4.78, 5) is 13.7. The topological polar surface area (TPSA) is 29.5 Å². The zero-order valence-corrected chi connectivity index (χ0v) is 14.8. The molecule has 2 aromatic carbocycles. The molecule has 22 heavy (non-hydrogen) atoms. The molecule has 0 aromatic heterocycles. The number of halogens is 1. The summed E-state index contributed by atoms with van der Waals surface area (Å²) in [6.07, 6.45) is 0. The number of anilines is 1. The van der Waals surface area contributed by atoms with Gasteiger partial charge in [0, 0.05) is 28.8 Å². The number of nitrogens with zero attached hydrogens (tertiary/aromatic N) is 1. The van der Waals surface area contributed by atoms with E-state index in [1.165, 1.54) is 7.11 Å². The smallest absolute Gasteiger partial charge is 0.337 e. The van der Waals surface area contributed by atoms with Gasteiger partial charge in [-0.3, -0.25) is 0 Å². The van der Waals surface area contributed by atoms with Crippen LogP contribution in [0.1, 0.15) is 21.5 Å². The zero-order chi connectivity index (χ0) is 16.1. The van der Waals surface area contributed by atoms with Gasteiger partial charge in [-0.1, -0.05) is 24.0 Å². The maximum absolute atomic E-state index is 11.7. The zero-order valence-electron chi connectivity index (χ0n) is 12.7. The van der Waals surface area contributed by atoms with Crippen molar-refractivity contribution in [1.29, 1.82) is 0 Å². The second-order valence-corrected chi connectivity index (χ2v) is 6.01. The van der Waals surface area contributed by atoms with E-state index in [1.807, 2.05) is 49.3 Å². The summed E-state index contributed by atoms with van der Waals surface area (Å²) >= 11 is 2.26. The Bertz CT molecular complexity index is 757. The van der Waals surface area contributed by atoms with Crippen LogP contribution in [0.25, 0.3) is 0 Å². The number of ether oxygens (including phenoxy) is 1. The third-order valence-electron chi connectivity index (χ3n) is 3.11. The van der Waals surface area contributed by atoms with Crippen LogP contribution in [0.5, 0.6) is 0 Å². The lowest BCUT2D eigenvalue weighted by molar-refractivity contribution is 0.0600. The summed E-state index contributed by atoms with van der Waals surface area (Å²) < 4.78 is 5.87. The Kier molecular flexibility index (Phi) is 5.45. The fourth-order valence-electron chi connectivity index (χ4n) is 1.97. The maximum Gasteiger partial charge on any atom is 0.337 e. The molecule has 3 nitrogen and oxygen atoms in total. The molecule has 0 spiro atoms. The van der Waals surface area contributed by atoms with E-state index >= 15 is 0 Å². The molecular weight excluding hydrogens is 389 g/mol. The summed E-state index contributed by atoms with van der Waals surface area (Å²) in [5.41, 5.74) is 3.23. The largest absolute Gasteiger partial charge is 0.465 e. The molecule has 0 N–H and O–H groups in total. The Morgan fingerprint density at radius 1 is 1.09 bits per heavy atom. The van der Waals surface area contributed by atoms with Crippen molar-refractivity contribution in [2.24, 2.45) is 0 Å². The van der Waals surface area contributed by atoms with Crippen LogP contribution in [0, 0.1) is 15.4 Å². The lowest BCUT2D eigenvalue weighted by atomic mass is 10.1. The van der Waals surface area contributed by atoms with E-state index in [0.29, 0.717) is 5.56 Å². The van der Waals surface area contributed by atoms with Gasteiger partial charge in [-0.05, 0) is 52.9 Å². The van der Waals surface area contributed by atoms with Crippen molar-refractivity contribution in [1.82, 2.24) is 0 Å². The Hall–Kier alpha value is -2.00. The molecule has 0 unspecified atom stereocenters.